The van der Waals surface area contributed by atoms with Crippen LogP contribution in [0.1, 0.15) is 10.4 Å². The monoisotopic (exact) mass is 295 g/mol. The summed E-state index contributed by atoms with van der Waals surface area (Å²) < 4.78 is 15.5. The van der Waals surface area contributed by atoms with Crippen molar-refractivity contribution >= 4 is 11.9 Å². The van der Waals surface area contributed by atoms with Crippen molar-refractivity contribution in [2.45, 2.75) is 6.10 Å². The van der Waals surface area contributed by atoms with Crippen LogP contribution in [0.5, 0.6) is 11.5 Å². The first-order valence-electron chi connectivity index (χ1n) is 6.43. The van der Waals surface area contributed by atoms with Gasteiger partial charge in [0.1, 0.15) is 17.1 Å². The Bertz CT molecular complexity index is 522. The normalized spacial score (nSPS) is 18.2. The Morgan fingerprint density at radius 3 is 2.43 bits per heavy atom. The summed E-state index contributed by atoms with van der Waals surface area (Å²) in [5.74, 6) is -0.645. The summed E-state index contributed by atoms with van der Waals surface area (Å²) >= 11 is 0. The second-order valence-electron chi connectivity index (χ2n) is 4.49. The number of carboxylic acid groups (broad SMARTS) is 1. The van der Waals surface area contributed by atoms with Crippen molar-refractivity contribution in [2.75, 3.05) is 33.9 Å². The van der Waals surface area contributed by atoms with Gasteiger partial charge >= 0.3 is 5.97 Å². The Kier molecular flexibility index (Phi) is 4.64. The molecule has 21 heavy (non-hydrogen) atoms. The average molecular weight is 295 g/mol. The van der Waals surface area contributed by atoms with E-state index in [1.165, 1.54) is 19.1 Å². The molecule has 1 amide bonds. The van der Waals surface area contributed by atoms with Crippen molar-refractivity contribution in [3.05, 3.63) is 23.8 Å². The Morgan fingerprint density at radius 2 is 1.90 bits per heavy atom. The fourth-order valence-corrected chi connectivity index (χ4v) is 2.20. The predicted octanol–water partition coefficient (Wildman–Crippen LogP) is 0.629. The minimum Gasteiger partial charge on any atom is -0.496 e. The van der Waals surface area contributed by atoms with Gasteiger partial charge in [0, 0.05) is 6.54 Å². The van der Waals surface area contributed by atoms with Crippen LogP contribution in [0.3, 0.4) is 0 Å². The van der Waals surface area contributed by atoms with Crippen LogP contribution in [-0.2, 0) is 9.53 Å². The van der Waals surface area contributed by atoms with Gasteiger partial charge in [-0.15, -0.1) is 0 Å². The van der Waals surface area contributed by atoms with Crippen molar-refractivity contribution in [3.63, 3.8) is 0 Å². The maximum absolute atomic E-state index is 12.6. The molecule has 1 aromatic rings. The molecule has 1 N–H and O–H groups in total. The molecule has 0 saturated carbocycles. The van der Waals surface area contributed by atoms with Crippen molar-refractivity contribution in [1.29, 1.82) is 0 Å². The summed E-state index contributed by atoms with van der Waals surface area (Å²) in [7, 11) is 2.93. The van der Waals surface area contributed by atoms with Crippen LogP contribution in [0.2, 0.25) is 0 Å². The van der Waals surface area contributed by atoms with Gasteiger partial charge in [0.25, 0.3) is 5.91 Å². The molecule has 7 nitrogen and oxygen atoms in total. The van der Waals surface area contributed by atoms with Crippen LogP contribution in [0.25, 0.3) is 0 Å². The number of hydrogen-bond acceptors (Lipinski definition) is 5. The zero-order chi connectivity index (χ0) is 15.4. The van der Waals surface area contributed by atoms with Crippen molar-refractivity contribution in [1.82, 2.24) is 4.90 Å². The zero-order valence-electron chi connectivity index (χ0n) is 11.9. The summed E-state index contributed by atoms with van der Waals surface area (Å²) in [6.07, 6.45) is -1.01. The van der Waals surface area contributed by atoms with E-state index in [1.54, 1.807) is 18.2 Å². The topological polar surface area (TPSA) is 85.3 Å². The first kappa shape index (κ1) is 15.1. The maximum atomic E-state index is 12.6. The van der Waals surface area contributed by atoms with Gasteiger partial charge in [-0.1, -0.05) is 6.07 Å². The van der Waals surface area contributed by atoms with Crippen LogP contribution in [0, 0.1) is 0 Å². The van der Waals surface area contributed by atoms with E-state index in [9.17, 15) is 9.59 Å². The molecule has 1 aromatic carbocycles. The highest BCUT2D eigenvalue weighted by molar-refractivity contribution is 6.00. The van der Waals surface area contributed by atoms with Crippen LogP contribution in [0.15, 0.2) is 18.2 Å². The summed E-state index contributed by atoms with van der Waals surface area (Å²) in [6, 6.07) is 5.03. The molecular weight excluding hydrogens is 278 g/mol. The highest BCUT2D eigenvalue weighted by Crippen LogP contribution is 2.30. The maximum Gasteiger partial charge on any atom is 0.334 e. The molecule has 1 heterocycles. The summed E-state index contributed by atoms with van der Waals surface area (Å²) in [4.78, 5) is 25.1. The number of ether oxygens (including phenoxy) is 3. The largest absolute Gasteiger partial charge is 0.496 e. The predicted molar refractivity (Wildman–Crippen MR) is 72.8 cm³/mol. The number of carboxylic acids is 1. The number of aliphatic carboxylic acids is 1. The smallest absolute Gasteiger partial charge is 0.334 e. The number of hydrogen-bond donors (Lipinski definition) is 1. The van der Waals surface area contributed by atoms with Gasteiger partial charge in [-0.25, -0.2) is 4.79 Å². The molecule has 1 saturated heterocycles. The Hall–Kier alpha value is -2.28. The SMILES string of the molecule is COc1cccc(OC)c1C(=O)N1CCO[C@@H](C(=O)O)C1. The lowest BCUT2D eigenvalue weighted by Gasteiger charge is -2.31. The molecule has 1 atom stereocenters. The molecule has 0 aliphatic carbocycles. The zero-order valence-corrected chi connectivity index (χ0v) is 11.9. The molecule has 0 bridgehead atoms. The number of benzene rings is 1. The third kappa shape index (κ3) is 3.08. The molecule has 0 spiro atoms. The quantitative estimate of drug-likeness (QED) is 0.877. The van der Waals surface area contributed by atoms with Gasteiger partial charge < -0.3 is 24.2 Å². The molecule has 0 radical (unpaired) electrons. The molecular formula is C14H17NO6. The van der Waals surface area contributed by atoms with Crippen LogP contribution >= 0.6 is 0 Å². The van der Waals surface area contributed by atoms with Gasteiger partial charge in [-0.2, -0.15) is 0 Å². The minimum absolute atomic E-state index is 0.00459. The number of amides is 1. The molecule has 2 rings (SSSR count). The average Bonchev–Trinajstić information content (AvgIpc) is 2.53. The fourth-order valence-electron chi connectivity index (χ4n) is 2.20. The molecule has 1 aliphatic heterocycles. The van der Waals surface area contributed by atoms with E-state index in [0.717, 1.165) is 0 Å². The van der Waals surface area contributed by atoms with E-state index < -0.39 is 12.1 Å². The molecule has 7 heteroatoms. The lowest BCUT2D eigenvalue weighted by molar-refractivity contribution is -0.154. The van der Waals surface area contributed by atoms with E-state index in [1.807, 2.05) is 0 Å². The second kappa shape index (κ2) is 6.45. The van der Waals surface area contributed by atoms with Crippen molar-refractivity contribution < 1.29 is 28.9 Å². The number of rotatable bonds is 4. The van der Waals surface area contributed by atoms with E-state index in [4.69, 9.17) is 19.3 Å². The molecule has 0 aromatic heterocycles. The number of methoxy groups -OCH3 is 2. The van der Waals surface area contributed by atoms with Crippen LogP contribution < -0.4 is 9.47 Å². The van der Waals surface area contributed by atoms with Crippen molar-refractivity contribution in [2.24, 2.45) is 0 Å². The van der Waals surface area contributed by atoms with Crippen molar-refractivity contribution in [3.8, 4) is 11.5 Å². The fraction of sp³-hybridized carbons (Fsp3) is 0.429. The van der Waals surface area contributed by atoms with Gasteiger partial charge in [-0.3, -0.25) is 4.79 Å². The van der Waals surface area contributed by atoms with Gasteiger partial charge in [0.05, 0.1) is 27.4 Å². The van der Waals surface area contributed by atoms with E-state index >= 15 is 0 Å². The number of nitrogens with zero attached hydrogens (tertiary/aromatic N) is 1. The Labute approximate surface area is 122 Å². The highest BCUT2D eigenvalue weighted by atomic mass is 16.5. The van der Waals surface area contributed by atoms with Gasteiger partial charge in [0.2, 0.25) is 0 Å². The first-order chi connectivity index (χ1) is 10.1. The molecule has 1 fully saturated rings. The Morgan fingerprint density at radius 1 is 1.29 bits per heavy atom. The number of carbonyl (C=O) groups is 2. The first-order valence-corrected chi connectivity index (χ1v) is 6.43. The molecule has 0 unspecified atom stereocenters. The number of carbonyl (C=O) groups excluding carboxylic acids is 1. The van der Waals surface area contributed by atoms with Crippen LogP contribution in [0.4, 0.5) is 0 Å². The molecule has 1 aliphatic rings. The van der Waals surface area contributed by atoms with Gasteiger partial charge in [0.15, 0.2) is 6.10 Å². The lowest BCUT2D eigenvalue weighted by atomic mass is 10.1. The van der Waals surface area contributed by atoms with Crippen LogP contribution in [-0.4, -0.2) is 61.9 Å². The van der Waals surface area contributed by atoms with E-state index in [0.29, 0.717) is 18.0 Å². The summed E-state index contributed by atoms with van der Waals surface area (Å²) in [5, 5.41) is 9.00. The third-order valence-electron chi connectivity index (χ3n) is 3.27. The lowest BCUT2D eigenvalue weighted by Crippen LogP contribution is -2.48. The highest BCUT2D eigenvalue weighted by Gasteiger charge is 2.31. The minimum atomic E-state index is -1.08. The second-order valence-corrected chi connectivity index (χ2v) is 4.49. The van der Waals surface area contributed by atoms with E-state index in [-0.39, 0.29) is 24.6 Å². The standard InChI is InChI=1S/C14H17NO6/c1-19-9-4-3-5-10(20-2)12(9)13(16)15-6-7-21-11(8-15)14(17)18/h3-5,11H,6-8H2,1-2H3,(H,17,18)/t11-/m1/s1. The number of morpholine rings is 1. The van der Waals surface area contributed by atoms with E-state index in [2.05, 4.69) is 0 Å². The Balaban J connectivity index is 2.29. The third-order valence-corrected chi connectivity index (χ3v) is 3.27. The summed E-state index contributed by atoms with van der Waals surface area (Å²) in [6.45, 7) is 0.499. The summed E-state index contributed by atoms with van der Waals surface area (Å²) in [5.41, 5.74) is 0.286. The molecule has 114 valence electrons. The van der Waals surface area contributed by atoms with Gasteiger partial charge in [-0.05, 0) is 12.1 Å².